The molecule has 1 aromatic heterocycles. The summed E-state index contributed by atoms with van der Waals surface area (Å²) in [6.07, 6.45) is 4.42. The van der Waals surface area contributed by atoms with Crippen LogP contribution in [0.2, 0.25) is 0 Å². The number of pyridine rings is 1. The van der Waals surface area contributed by atoms with Crippen LogP contribution in [0.3, 0.4) is 0 Å². The summed E-state index contributed by atoms with van der Waals surface area (Å²) >= 11 is 0. The number of carbonyl (C=O) groups is 2. The Kier molecular flexibility index (Phi) is 4.46. The zero-order valence-corrected chi connectivity index (χ0v) is 15.9. The molecule has 27 heavy (non-hydrogen) atoms. The molecule has 1 N–H and O–H groups in total. The lowest BCUT2D eigenvalue weighted by molar-refractivity contribution is -0.132. The Balaban J connectivity index is 1.67. The van der Waals surface area contributed by atoms with Crippen LogP contribution >= 0.6 is 0 Å². The molecule has 0 radical (unpaired) electrons. The topological polar surface area (TPSA) is 62.3 Å². The number of hydrogen-bond donors (Lipinski definition) is 1. The van der Waals surface area contributed by atoms with Crippen molar-refractivity contribution in [3.8, 4) is 0 Å². The highest BCUT2D eigenvalue weighted by molar-refractivity contribution is 6.07. The molecule has 0 aliphatic carbocycles. The average Bonchev–Trinajstić information content (AvgIpc) is 3.18. The molecule has 2 amide bonds. The highest BCUT2D eigenvalue weighted by Gasteiger charge is 2.58. The molecule has 5 nitrogen and oxygen atoms in total. The summed E-state index contributed by atoms with van der Waals surface area (Å²) in [4.78, 5) is 32.5. The van der Waals surface area contributed by atoms with E-state index in [1.54, 1.807) is 6.20 Å². The Morgan fingerprint density at radius 2 is 2.11 bits per heavy atom. The molecule has 0 unspecified atom stereocenters. The third-order valence-electron chi connectivity index (χ3n) is 6.07. The van der Waals surface area contributed by atoms with Crippen molar-refractivity contribution in [2.75, 3.05) is 11.9 Å². The summed E-state index contributed by atoms with van der Waals surface area (Å²) < 4.78 is 0. The molecule has 1 saturated heterocycles. The number of likely N-dealkylation sites (tertiary alicyclic amines) is 1. The molecule has 1 spiro atoms. The highest BCUT2D eigenvalue weighted by atomic mass is 16.2. The lowest BCUT2D eigenvalue weighted by Gasteiger charge is -2.34. The molecule has 0 bridgehead atoms. The molecule has 5 heteroatoms. The molecule has 1 aromatic carbocycles. The van der Waals surface area contributed by atoms with Crippen molar-refractivity contribution in [1.82, 2.24) is 9.88 Å². The van der Waals surface area contributed by atoms with Crippen molar-refractivity contribution in [3.05, 3.63) is 59.4 Å². The zero-order chi connectivity index (χ0) is 19.0. The first-order valence-corrected chi connectivity index (χ1v) is 9.69. The molecule has 3 heterocycles. The minimum absolute atomic E-state index is 0.0338. The SMILES string of the molecule is CCC[C@@H]1N(C(=O)Cc2ncccc2C)CC[C@@]12C(=O)Nc1ccccc12. The van der Waals surface area contributed by atoms with Crippen molar-refractivity contribution in [2.24, 2.45) is 0 Å². The van der Waals surface area contributed by atoms with Gasteiger partial charge in [-0.1, -0.05) is 37.6 Å². The number of benzene rings is 1. The van der Waals surface area contributed by atoms with E-state index < -0.39 is 5.41 Å². The number of aryl methyl sites for hydroxylation is 1. The number of fused-ring (bicyclic) bond motifs is 2. The molecule has 2 atom stereocenters. The fourth-order valence-corrected chi connectivity index (χ4v) is 4.72. The maximum atomic E-state index is 13.2. The predicted molar refractivity (Wildman–Crippen MR) is 104 cm³/mol. The van der Waals surface area contributed by atoms with Crippen LogP contribution in [0, 0.1) is 6.92 Å². The van der Waals surface area contributed by atoms with Crippen LogP contribution in [-0.2, 0) is 21.4 Å². The highest BCUT2D eigenvalue weighted by Crippen LogP contribution is 2.49. The second-order valence-electron chi connectivity index (χ2n) is 7.56. The number of hydrogen-bond acceptors (Lipinski definition) is 3. The zero-order valence-electron chi connectivity index (χ0n) is 15.9. The van der Waals surface area contributed by atoms with Crippen LogP contribution in [0.1, 0.15) is 43.0 Å². The van der Waals surface area contributed by atoms with Gasteiger partial charge in [-0.25, -0.2) is 0 Å². The van der Waals surface area contributed by atoms with Crippen molar-refractivity contribution in [2.45, 2.75) is 51.0 Å². The number of carbonyl (C=O) groups excluding carboxylic acids is 2. The first-order chi connectivity index (χ1) is 13.1. The van der Waals surface area contributed by atoms with Gasteiger partial charge in [0, 0.05) is 18.4 Å². The molecule has 2 aliphatic rings. The average molecular weight is 363 g/mol. The van der Waals surface area contributed by atoms with E-state index in [1.165, 1.54) is 0 Å². The van der Waals surface area contributed by atoms with Crippen molar-refractivity contribution >= 4 is 17.5 Å². The second kappa shape index (κ2) is 6.80. The molecular weight excluding hydrogens is 338 g/mol. The van der Waals surface area contributed by atoms with Crippen molar-refractivity contribution in [1.29, 1.82) is 0 Å². The largest absolute Gasteiger partial charge is 0.338 e. The van der Waals surface area contributed by atoms with Crippen LogP contribution in [-0.4, -0.2) is 34.3 Å². The third-order valence-corrected chi connectivity index (χ3v) is 6.07. The van der Waals surface area contributed by atoms with Crippen molar-refractivity contribution in [3.63, 3.8) is 0 Å². The van der Waals surface area contributed by atoms with Gasteiger partial charge < -0.3 is 10.2 Å². The van der Waals surface area contributed by atoms with E-state index in [4.69, 9.17) is 0 Å². The number of amides is 2. The van der Waals surface area contributed by atoms with E-state index in [0.717, 1.165) is 35.3 Å². The van der Waals surface area contributed by atoms with Crippen LogP contribution in [0.25, 0.3) is 0 Å². The fourth-order valence-electron chi connectivity index (χ4n) is 4.72. The number of anilines is 1. The van der Waals surface area contributed by atoms with Gasteiger partial charge in [-0.15, -0.1) is 0 Å². The predicted octanol–water partition coefficient (Wildman–Crippen LogP) is 3.22. The van der Waals surface area contributed by atoms with Crippen LogP contribution < -0.4 is 5.32 Å². The maximum absolute atomic E-state index is 13.2. The van der Waals surface area contributed by atoms with Gasteiger partial charge in [0.05, 0.1) is 23.6 Å². The summed E-state index contributed by atoms with van der Waals surface area (Å²) in [6, 6.07) is 11.7. The van der Waals surface area contributed by atoms with E-state index in [2.05, 4.69) is 17.2 Å². The molecule has 1 fully saturated rings. The van der Waals surface area contributed by atoms with Gasteiger partial charge in [0.1, 0.15) is 0 Å². The second-order valence-corrected chi connectivity index (χ2v) is 7.56. The van der Waals surface area contributed by atoms with Gasteiger partial charge in [-0.05, 0) is 43.0 Å². The molecular formula is C22H25N3O2. The Bertz CT molecular complexity index is 895. The van der Waals surface area contributed by atoms with Crippen LogP contribution in [0.15, 0.2) is 42.6 Å². The molecule has 140 valence electrons. The quantitative estimate of drug-likeness (QED) is 0.907. The van der Waals surface area contributed by atoms with Gasteiger partial charge in [-0.3, -0.25) is 14.6 Å². The molecule has 2 aromatic rings. The van der Waals surface area contributed by atoms with E-state index in [1.807, 2.05) is 48.2 Å². The minimum Gasteiger partial charge on any atom is -0.338 e. The third kappa shape index (κ3) is 2.73. The Morgan fingerprint density at radius 1 is 1.30 bits per heavy atom. The van der Waals surface area contributed by atoms with E-state index in [9.17, 15) is 9.59 Å². The summed E-state index contributed by atoms with van der Waals surface area (Å²) in [5, 5.41) is 3.05. The standard InChI is InChI=1S/C22H25N3O2/c1-3-7-19-22(16-9-4-5-10-17(16)24-21(22)27)11-13-25(19)20(26)14-18-15(2)8-6-12-23-18/h4-6,8-10,12,19H,3,7,11,13-14H2,1-2H3,(H,24,27)/t19-,22-/m0/s1. The van der Waals surface area contributed by atoms with E-state index in [-0.39, 0.29) is 24.3 Å². The van der Waals surface area contributed by atoms with E-state index in [0.29, 0.717) is 13.0 Å². The Labute approximate surface area is 159 Å². The number of nitrogens with one attached hydrogen (secondary N) is 1. The Morgan fingerprint density at radius 3 is 2.89 bits per heavy atom. The lowest BCUT2D eigenvalue weighted by atomic mass is 9.73. The minimum atomic E-state index is -0.624. The lowest BCUT2D eigenvalue weighted by Crippen LogP contribution is -2.49. The summed E-state index contributed by atoms with van der Waals surface area (Å²) in [6.45, 7) is 4.69. The normalized spacial score (nSPS) is 23.6. The Hall–Kier alpha value is -2.69. The fraction of sp³-hybridized carbons (Fsp3) is 0.409. The number of aromatic nitrogens is 1. The molecule has 2 aliphatic heterocycles. The van der Waals surface area contributed by atoms with Crippen LogP contribution in [0.4, 0.5) is 5.69 Å². The first-order valence-electron chi connectivity index (χ1n) is 9.69. The monoisotopic (exact) mass is 363 g/mol. The van der Waals surface area contributed by atoms with Crippen LogP contribution in [0.5, 0.6) is 0 Å². The number of rotatable bonds is 4. The molecule has 0 saturated carbocycles. The summed E-state index contributed by atoms with van der Waals surface area (Å²) in [7, 11) is 0. The van der Waals surface area contributed by atoms with Gasteiger partial charge in [0.25, 0.3) is 0 Å². The number of para-hydroxylation sites is 1. The first kappa shape index (κ1) is 17.7. The van der Waals surface area contributed by atoms with E-state index >= 15 is 0 Å². The van der Waals surface area contributed by atoms with Gasteiger partial charge >= 0.3 is 0 Å². The molecule has 4 rings (SSSR count). The van der Waals surface area contributed by atoms with Gasteiger partial charge in [0.2, 0.25) is 11.8 Å². The summed E-state index contributed by atoms with van der Waals surface area (Å²) in [5.41, 5.74) is 3.14. The summed E-state index contributed by atoms with van der Waals surface area (Å²) in [5.74, 6) is 0.0933. The van der Waals surface area contributed by atoms with Gasteiger partial charge in [-0.2, -0.15) is 0 Å². The maximum Gasteiger partial charge on any atom is 0.237 e. The number of nitrogens with zero attached hydrogens (tertiary/aromatic N) is 2. The van der Waals surface area contributed by atoms with Gasteiger partial charge in [0.15, 0.2) is 0 Å². The van der Waals surface area contributed by atoms with Crippen molar-refractivity contribution < 1.29 is 9.59 Å². The smallest absolute Gasteiger partial charge is 0.237 e.